The molecule has 0 saturated heterocycles. The van der Waals surface area contributed by atoms with E-state index in [1.54, 1.807) is 18.7 Å². The van der Waals surface area contributed by atoms with E-state index < -0.39 is 11.9 Å². The Kier molecular flexibility index (Phi) is 4.95. The minimum absolute atomic E-state index is 0.214. The summed E-state index contributed by atoms with van der Waals surface area (Å²) in [5, 5.41) is 18.1. The van der Waals surface area contributed by atoms with E-state index in [1.807, 2.05) is 16.7 Å². The van der Waals surface area contributed by atoms with Gasteiger partial charge < -0.3 is 10.2 Å². The molecule has 6 heteroatoms. The van der Waals surface area contributed by atoms with Crippen molar-refractivity contribution in [2.45, 2.75) is 26.3 Å². The Bertz CT molecular complexity index is 644. The van der Waals surface area contributed by atoms with E-state index in [-0.39, 0.29) is 17.6 Å². The number of rotatable bonds is 7. The van der Waals surface area contributed by atoms with Crippen molar-refractivity contribution in [1.29, 1.82) is 0 Å². The first-order chi connectivity index (χ1) is 10.8. The van der Waals surface area contributed by atoms with Gasteiger partial charge >= 0.3 is 18.3 Å². The molecule has 0 atom stereocenters. The van der Waals surface area contributed by atoms with Gasteiger partial charge in [-0.3, -0.25) is 0 Å². The molecule has 23 heavy (non-hydrogen) atoms. The maximum atomic E-state index is 11.0. The van der Waals surface area contributed by atoms with Crippen LogP contribution in [0, 0.1) is 0 Å². The maximum Gasteiger partial charge on any atom is 0.360 e. The number of nitrogens with zero attached hydrogens (tertiary/aromatic N) is 2. The fourth-order valence-electron chi connectivity index (χ4n) is 2.65. The van der Waals surface area contributed by atoms with Crippen LogP contribution in [0.25, 0.3) is 0 Å². The highest BCUT2D eigenvalue weighted by atomic mass is 16.4. The summed E-state index contributed by atoms with van der Waals surface area (Å²) in [6.45, 7) is 4.27. The first kappa shape index (κ1) is 16.9. The smallest absolute Gasteiger partial charge is 0.360 e. The summed E-state index contributed by atoms with van der Waals surface area (Å²) in [7, 11) is 0. The third-order valence-corrected chi connectivity index (χ3v) is 3.80. The van der Waals surface area contributed by atoms with Gasteiger partial charge in [0.25, 0.3) is 0 Å². The predicted octanol–water partition coefficient (Wildman–Crippen LogP) is 1.82. The Balaban J connectivity index is 2.15. The minimum Gasteiger partial charge on any atom is -0.477 e. The zero-order chi connectivity index (χ0) is 17.0. The van der Waals surface area contributed by atoms with Gasteiger partial charge in [0.15, 0.2) is 25.8 Å². The first-order valence-corrected chi connectivity index (χ1v) is 7.50. The molecule has 1 aromatic carbocycles. The van der Waals surface area contributed by atoms with E-state index >= 15 is 0 Å². The van der Waals surface area contributed by atoms with Gasteiger partial charge in [0.2, 0.25) is 6.20 Å². The van der Waals surface area contributed by atoms with E-state index in [2.05, 4.69) is 26.0 Å². The van der Waals surface area contributed by atoms with Gasteiger partial charge in [0.05, 0.1) is 0 Å². The molecule has 1 aliphatic heterocycles. The molecular weight excluding hydrogens is 296 g/mol. The van der Waals surface area contributed by atoms with Crippen LogP contribution in [0.2, 0.25) is 0 Å². The predicted molar refractivity (Wildman–Crippen MR) is 85.0 cm³/mol. The molecule has 0 aromatic heterocycles. The molecule has 0 unspecified atom stereocenters. The molecule has 0 fully saturated rings. The maximum absolute atomic E-state index is 11.0. The van der Waals surface area contributed by atoms with Crippen LogP contribution in [0.3, 0.4) is 0 Å². The SMILES string of the molecule is CC(C)c1ccc(C[N+]2=C[N+](CC(=O)O)(CC(=O)O)C=C2)cc1. The van der Waals surface area contributed by atoms with Crippen LogP contribution in [0.4, 0.5) is 0 Å². The Morgan fingerprint density at radius 3 is 2.13 bits per heavy atom. The normalized spacial score (nSPS) is 15.7. The van der Waals surface area contributed by atoms with E-state index in [0.717, 1.165) is 5.56 Å². The quantitative estimate of drug-likeness (QED) is 0.594. The molecule has 0 amide bonds. The van der Waals surface area contributed by atoms with Gasteiger partial charge in [0.1, 0.15) is 0 Å². The molecule has 0 spiro atoms. The molecule has 0 aliphatic carbocycles. The van der Waals surface area contributed by atoms with Crippen LogP contribution in [-0.4, -0.2) is 50.6 Å². The highest BCUT2D eigenvalue weighted by Gasteiger charge is 2.38. The Hall–Kier alpha value is -2.47. The fourth-order valence-corrected chi connectivity index (χ4v) is 2.65. The largest absolute Gasteiger partial charge is 0.477 e. The Labute approximate surface area is 135 Å². The number of hydrogen-bond acceptors (Lipinski definition) is 2. The standard InChI is InChI=1S/C17H20N2O4/c1-13(2)15-5-3-14(4-6-15)9-18-7-8-19(12-18,10-16(20)21)11-17(22)23/h3-8,12-13H,9-11H2,1-2H3/p+2. The van der Waals surface area contributed by atoms with Crippen LogP contribution in [0.5, 0.6) is 0 Å². The van der Waals surface area contributed by atoms with Crippen molar-refractivity contribution in [3.8, 4) is 0 Å². The van der Waals surface area contributed by atoms with E-state index in [0.29, 0.717) is 12.5 Å². The summed E-state index contributed by atoms with van der Waals surface area (Å²) < 4.78 is 1.62. The van der Waals surface area contributed by atoms with Crippen LogP contribution >= 0.6 is 0 Å². The molecule has 1 aromatic rings. The summed E-state index contributed by atoms with van der Waals surface area (Å²) in [4.78, 5) is 22.1. The van der Waals surface area contributed by atoms with Crippen molar-refractivity contribution in [3.05, 3.63) is 47.8 Å². The molecule has 1 heterocycles. The van der Waals surface area contributed by atoms with Gasteiger partial charge in [-0.1, -0.05) is 38.1 Å². The lowest BCUT2D eigenvalue weighted by molar-refractivity contribution is -0.775. The number of hydrogen-bond donors (Lipinski definition) is 2. The fraction of sp³-hybridized carbons (Fsp3) is 0.353. The van der Waals surface area contributed by atoms with Crippen molar-refractivity contribution in [3.63, 3.8) is 0 Å². The zero-order valence-electron chi connectivity index (χ0n) is 13.3. The summed E-state index contributed by atoms with van der Waals surface area (Å²) in [5.41, 5.74) is 2.34. The second-order valence-electron chi connectivity index (χ2n) is 6.19. The van der Waals surface area contributed by atoms with Gasteiger partial charge in [-0.05, 0) is 11.5 Å². The Morgan fingerprint density at radius 2 is 1.65 bits per heavy atom. The lowest BCUT2D eigenvalue weighted by Crippen LogP contribution is -2.48. The number of carboxylic acid groups (broad SMARTS) is 2. The van der Waals surface area contributed by atoms with E-state index in [9.17, 15) is 9.59 Å². The molecule has 6 nitrogen and oxygen atoms in total. The van der Waals surface area contributed by atoms with Crippen molar-refractivity contribution in [2.24, 2.45) is 0 Å². The van der Waals surface area contributed by atoms with Crippen molar-refractivity contribution in [1.82, 2.24) is 0 Å². The third kappa shape index (κ3) is 4.50. The van der Waals surface area contributed by atoms with Gasteiger partial charge in [-0.25, -0.2) is 9.59 Å². The molecule has 0 saturated carbocycles. The Morgan fingerprint density at radius 1 is 1.09 bits per heavy atom. The number of aliphatic carboxylic acids is 2. The molecule has 2 rings (SSSR count). The van der Waals surface area contributed by atoms with Crippen molar-refractivity contribution >= 4 is 18.3 Å². The molecule has 0 radical (unpaired) electrons. The summed E-state index contributed by atoms with van der Waals surface area (Å²) in [5.74, 6) is -1.59. The van der Waals surface area contributed by atoms with Gasteiger partial charge in [-0.2, -0.15) is 4.48 Å². The highest BCUT2D eigenvalue weighted by molar-refractivity contribution is 5.73. The lowest BCUT2D eigenvalue weighted by atomic mass is 10.0. The highest BCUT2D eigenvalue weighted by Crippen LogP contribution is 2.17. The van der Waals surface area contributed by atoms with Crippen molar-refractivity contribution < 1.29 is 28.9 Å². The average molecular weight is 318 g/mol. The number of carbonyl (C=O) groups is 2. The van der Waals surface area contributed by atoms with Crippen LogP contribution in [0.1, 0.15) is 30.9 Å². The lowest BCUT2D eigenvalue weighted by Gasteiger charge is -2.19. The zero-order valence-corrected chi connectivity index (χ0v) is 13.3. The van der Waals surface area contributed by atoms with Gasteiger partial charge in [0, 0.05) is 5.56 Å². The molecule has 0 bridgehead atoms. The molecule has 1 aliphatic rings. The second-order valence-corrected chi connectivity index (χ2v) is 6.19. The topological polar surface area (TPSA) is 77.6 Å². The molecule has 122 valence electrons. The first-order valence-electron chi connectivity index (χ1n) is 7.50. The summed E-state index contributed by atoms with van der Waals surface area (Å²) in [6.07, 6.45) is 5.01. The van der Waals surface area contributed by atoms with Crippen LogP contribution in [-0.2, 0) is 16.1 Å². The number of benzene rings is 1. The third-order valence-electron chi connectivity index (χ3n) is 3.80. The monoisotopic (exact) mass is 318 g/mol. The van der Waals surface area contributed by atoms with Crippen LogP contribution in [0.15, 0.2) is 36.7 Å². The van der Waals surface area contributed by atoms with E-state index in [1.165, 1.54) is 5.56 Å². The summed E-state index contributed by atoms with van der Waals surface area (Å²) >= 11 is 0. The number of quaternary nitrogens is 1. The molecular formula is C17H22N2O4+2. The van der Waals surface area contributed by atoms with Gasteiger partial charge in [-0.15, -0.1) is 4.58 Å². The van der Waals surface area contributed by atoms with Crippen LogP contribution < -0.4 is 0 Å². The van der Waals surface area contributed by atoms with Crippen molar-refractivity contribution in [2.75, 3.05) is 13.1 Å². The summed E-state index contributed by atoms with van der Waals surface area (Å²) in [6, 6.07) is 8.24. The number of carboxylic acids is 2. The van der Waals surface area contributed by atoms with E-state index in [4.69, 9.17) is 10.2 Å². The minimum atomic E-state index is -1.03. The second kappa shape index (κ2) is 6.75. The molecule has 2 N–H and O–H groups in total. The average Bonchev–Trinajstić information content (AvgIpc) is 2.80.